The summed E-state index contributed by atoms with van der Waals surface area (Å²) >= 11 is 0. The number of carbonyl (C=O) groups excluding carboxylic acids is 2. The Balaban J connectivity index is 1.60. The van der Waals surface area contributed by atoms with Crippen LogP contribution in [0.1, 0.15) is 51.7 Å². The van der Waals surface area contributed by atoms with Gasteiger partial charge in [-0.2, -0.15) is 0 Å². The lowest BCUT2D eigenvalue weighted by Gasteiger charge is -2.35. The number of hydrogen-bond donors (Lipinski definition) is 1. The second-order valence-electron chi connectivity index (χ2n) is 10.5. The number of amides is 2. The number of hydrogen-bond acceptors (Lipinski definition) is 7. The lowest BCUT2D eigenvalue weighted by molar-refractivity contribution is -0.0586. The van der Waals surface area contributed by atoms with Gasteiger partial charge in [0.2, 0.25) is 5.91 Å². The molecule has 40 heavy (non-hydrogen) atoms. The van der Waals surface area contributed by atoms with Gasteiger partial charge in [0.05, 0.1) is 35.7 Å². The van der Waals surface area contributed by atoms with E-state index in [1.165, 1.54) is 6.33 Å². The molecule has 0 saturated carbocycles. The van der Waals surface area contributed by atoms with E-state index >= 15 is 0 Å². The lowest BCUT2D eigenvalue weighted by Crippen LogP contribution is -2.48. The zero-order chi connectivity index (χ0) is 28.1. The SMILES string of the molecule is Cc1noc(C)c1-c1cc(C(N)=O)c2c3cc(C(=O)N4C[C@@H](C)O[C@@H](C)C4)ccc3n(Cc3ccncn3)c2c1. The summed E-state index contributed by atoms with van der Waals surface area (Å²) < 4.78 is 13.3. The van der Waals surface area contributed by atoms with Crippen molar-refractivity contribution in [3.05, 3.63) is 77.2 Å². The number of morpholine rings is 1. The molecule has 5 aromatic rings. The van der Waals surface area contributed by atoms with Crippen molar-refractivity contribution in [3.8, 4) is 11.1 Å². The minimum absolute atomic E-state index is 0.0459. The van der Waals surface area contributed by atoms with Gasteiger partial charge in [-0.1, -0.05) is 5.16 Å². The maximum atomic E-state index is 13.6. The highest BCUT2D eigenvalue weighted by Crippen LogP contribution is 2.38. The summed E-state index contributed by atoms with van der Waals surface area (Å²) in [6.45, 7) is 9.10. The molecule has 0 unspecified atom stereocenters. The number of rotatable bonds is 5. The summed E-state index contributed by atoms with van der Waals surface area (Å²) in [6.07, 6.45) is 3.11. The second-order valence-corrected chi connectivity index (χ2v) is 10.5. The van der Waals surface area contributed by atoms with E-state index in [0.717, 1.165) is 33.2 Å². The number of aromatic nitrogens is 4. The molecule has 0 spiro atoms. The standard InChI is InChI=1S/C30H30N6O4/c1-16-12-35(13-17(2)39-16)30(38)20-5-6-25-23(9-20)28-24(29(31)37)10-21(27-18(3)34-40-19(27)4)11-26(28)36(25)14-22-7-8-32-15-33-22/h5-11,15-17H,12-14H2,1-4H3,(H2,31,37)/t16-,17+. The molecule has 1 saturated heterocycles. The van der Waals surface area contributed by atoms with Crippen LogP contribution < -0.4 is 5.73 Å². The summed E-state index contributed by atoms with van der Waals surface area (Å²) in [5.41, 5.74) is 11.6. The smallest absolute Gasteiger partial charge is 0.254 e. The van der Waals surface area contributed by atoms with E-state index < -0.39 is 5.91 Å². The Bertz CT molecular complexity index is 1740. The lowest BCUT2D eigenvalue weighted by atomic mass is 9.97. The summed E-state index contributed by atoms with van der Waals surface area (Å²) in [5.74, 6) is 0.00778. The van der Waals surface area contributed by atoms with Crippen LogP contribution in [0.3, 0.4) is 0 Å². The van der Waals surface area contributed by atoms with Gasteiger partial charge in [0, 0.05) is 52.3 Å². The Morgan fingerprint density at radius 2 is 1.82 bits per heavy atom. The van der Waals surface area contributed by atoms with E-state index in [9.17, 15) is 9.59 Å². The number of primary amides is 1. The first-order chi connectivity index (χ1) is 19.2. The fourth-order valence-electron chi connectivity index (χ4n) is 5.86. The average Bonchev–Trinajstić information content (AvgIpc) is 3.43. The zero-order valence-corrected chi connectivity index (χ0v) is 22.8. The van der Waals surface area contributed by atoms with E-state index in [1.807, 2.05) is 62.9 Å². The highest BCUT2D eigenvalue weighted by molar-refractivity contribution is 6.20. The molecule has 1 aliphatic heterocycles. The number of benzene rings is 2. The molecule has 10 heteroatoms. The van der Waals surface area contributed by atoms with Crippen molar-refractivity contribution in [2.75, 3.05) is 13.1 Å². The number of nitrogens with two attached hydrogens (primary N) is 1. The van der Waals surface area contributed by atoms with Crippen LogP contribution in [0.4, 0.5) is 0 Å². The van der Waals surface area contributed by atoms with Crippen LogP contribution in [0, 0.1) is 13.8 Å². The number of nitrogens with zero attached hydrogens (tertiary/aromatic N) is 5. The molecule has 6 rings (SSSR count). The van der Waals surface area contributed by atoms with Crippen molar-refractivity contribution in [2.24, 2.45) is 5.73 Å². The predicted octanol–water partition coefficient (Wildman–Crippen LogP) is 4.25. The quantitative estimate of drug-likeness (QED) is 0.354. The van der Waals surface area contributed by atoms with Crippen LogP contribution >= 0.6 is 0 Å². The molecule has 2 amide bonds. The third kappa shape index (κ3) is 4.40. The van der Waals surface area contributed by atoms with Gasteiger partial charge in [0.25, 0.3) is 5.91 Å². The van der Waals surface area contributed by atoms with E-state index in [4.69, 9.17) is 15.0 Å². The third-order valence-corrected chi connectivity index (χ3v) is 7.47. The minimum Gasteiger partial charge on any atom is -0.372 e. The van der Waals surface area contributed by atoms with Crippen molar-refractivity contribution in [3.63, 3.8) is 0 Å². The monoisotopic (exact) mass is 538 g/mol. The van der Waals surface area contributed by atoms with Gasteiger partial charge in [-0.25, -0.2) is 9.97 Å². The fraction of sp³-hybridized carbons (Fsp3) is 0.300. The average molecular weight is 539 g/mol. The molecule has 1 fully saturated rings. The Morgan fingerprint density at radius 3 is 2.48 bits per heavy atom. The molecule has 204 valence electrons. The molecule has 4 heterocycles. The van der Waals surface area contributed by atoms with E-state index in [2.05, 4.69) is 19.7 Å². The van der Waals surface area contributed by atoms with Crippen molar-refractivity contribution in [1.82, 2.24) is 24.6 Å². The van der Waals surface area contributed by atoms with Crippen LogP contribution in [-0.2, 0) is 11.3 Å². The Kier molecular flexibility index (Phi) is 6.34. The number of carbonyl (C=O) groups is 2. The van der Waals surface area contributed by atoms with E-state index in [0.29, 0.717) is 47.6 Å². The molecular weight excluding hydrogens is 508 g/mol. The van der Waals surface area contributed by atoms with Gasteiger partial charge in [0.15, 0.2) is 0 Å². The largest absolute Gasteiger partial charge is 0.372 e. The topological polar surface area (TPSA) is 129 Å². The number of aryl methyl sites for hydroxylation is 2. The van der Waals surface area contributed by atoms with Gasteiger partial charge in [-0.05, 0) is 69.7 Å². The predicted molar refractivity (Wildman–Crippen MR) is 150 cm³/mol. The first-order valence-corrected chi connectivity index (χ1v) is 13.2. The van der Waals surface area contributed by atoms with Gasteiger partial charge >= 0.3 is 0 Å². The van der Waals surface area contributed by atoms with Crippen molar-refractivity contribution < 1.29 is 18.8 Å². The Hall–Kier alpha value is -4.57. The van der Waals surface area contributed by atoms with Crippen molar-refractivity contribution in [1.29, 1.82) is 0 Å². The Morgan fingerprint density at radius 1 is 1.05 bits per heavy atom. The summed E-state index contributed by atoms with van der Waals surface area (Å²) in [6, 6.07) is 11.3. The molecule has 2 aromatic carbocycles. The first kappa shape index (κ1) is 25.7. The molecule has 3 aromatic heterocycles. The van der Waals surface area contributed by atoms with E-state index in [1.54, 1.807) is 12.3 Å². The molecule has 0 bridgehead atoms. The summed E-state index contributed by atoms with van der Waals surface area (Å²) in [4.78, 5) is 36.8. The molecule has 10 nitrogen and oxygen atoms in total. The first-order valence-electron chi connectivity index (χ1n) is 13.2. The highest BCUT2D eigenvalue weighted by atomic mass is 16.5. The van der Waals surface area contributed by atoms with Gasteiger partial charge in [0.1, 0.15) is 12.1 Å². The maximum absolute atomic E-state index is 13.6. The molecular formula is C30H30N6O4. The van der Waals surface area contributed by atoms with Crippen LogP contribution in [-0.4, -0.2) is 61.7 Å². The van der Waals surface area contributed by atoms with Crippen molar-refractivity contribution in [2.45, 2.75) is 46.4 Å². The summed E-state index contributed by atoms with van der Waals surface area (Å²) in [7, 11) is 0. The van der Waals surface area contributed by atoms with Gasteiger partial charge in [-0.3, -0.25) is 9.59 Å². The molecule has 1 aliphatic rings. The van der Waals surface area contributed by atoms with Gasteiger partial charge in [-0.15, -0.1) is 0 Å². The van der Waals surface area contributed by atoms with Crippen LogP contribution in [0.25, 0.3) is 32.9 Å². The second kappa shape index (κ2) is 9.87. The fourth-order valence-corrected chi connectivity index (χ4v) is 5.86. The minimum atomic E-state index is -0.563. The van der Waals surface area contributed by atoms with E-state index in [-0.39, 0.29) is 18.1 Å². The highest BCUT2D eigenvalue weighted by Gasteiger charge is 2.28. The maximum Gasteiger partial charge on any atom is 0.254 e. The van der Waals surface area contributed by atoms with Crippen LogP contribution in [0.5, 0.6) is 0 Å². The molecule has 2 atom stereocenters. The molecule has 0 aliphatic carbocycles. The molecule has 2 N–H and O–H groups in total. The van der Waals surface area contributed by atoms with Gasteiger partial charge < -0.3 is 24.5 Å². The van der Waals surface area contributed by atoms with Crippen LogP contribution in [0.15, 0.2) is 53.4 Å². The van der Waals surface area contributed by atoms with Crippen molar-refractivity contribution >= 4 is 33.6 Å². The Labute approximate surface area is 230 Å². The zero-order valence-electron chi connectivity index (χ0n) is 22.8. The number of fused-ring (bicyclic) bond motifs is 3. The number of ether oxygens (including phenoxy) is 1. The van der Waals surface area contributed by atoms with Crippen LogP contribution in [0.2, 0.25) is 0 Å². The summed E-state index contributed by atoms with van der Waals surface area (Å²) in [5, 5.41) is 5.55. The third-order valence-electron chi connectivity index (χ3n) is 7.47. The normalized spacial score (nSPS) is 17.6. The molecule has 0 radical (unpaired) electrons.